The van der Waals surface area contributed by atoms with Gasteiger partial charge in [0.05, 0.1) is 4.90 Å². The first-order chi connectivity index (χ1) is 9.81. The zero-order valence-electron chi connectivity index (χ0n) is 13.7. The van der Waals surface area contributed by atoms with Crippen molar-refractivity contribution in [2.75, 3.05) is 33.7 Å². The van der Waals surface area contributed by atoms with Gasteiger partial charge < -0.3 is 10.2 Å². The Bertz CT molecular complexity index is 571. The molecule has 0 fully saturated rings. The molecule has 0 spiro atoms. The summed E-state index contributed by atoms with van der Waals surface area (Å²) in [5.41, 5.74) is 2.78. The van der Waals surface area contributed by atoms with E-state index in [1.165, 1.54) is 0 Å². The maximum Gasteiger partial charge on any atom is 0.240 e. The summed E-state index contributed by atoms with van der Waals surface area (Å²) < 4.78 is 27.7. The van der Waals surface area contributed by atoms with Gasteiger partial charge in [0.25, 0.3) is 0 Å². The van der Waals surface area contributed by atoms with Gasteiger partial charge in [-0.25, -0.2) is 13.1 Å². The molecule has 21 heavy (non-hydrogen) atoms. The predicted molar refractivity (Wildman–Crippen MR) is 87.0 cm³/mol. The highest BCUT2D eigenvalue weighted by atomic mass is 32.2. The Morgan fingerprint density at radius 2 is 1.90 bits per heavy atom. The first-order valence-corrected chi connectivity index (χ1v) is 8.73. The summed E-state index contributed by atoms with van der Waals surface area (Å²) in [6.45, 7) is 8.51. The molecule has 0 heterocycles. The number of benzene rings is 1. The van der Waals surface area contributed by atoms with Gasteiger partial charge in [-0.05, 0) is 57.2 Å². The van der Waals surface area contributed by atoms with E-state index >= 15 is 0 Å². The van der Waals surface area contributed by atoms with Crippen LogP contribution >= 0.6 is 0 Å². The molecule has 0 unspecified atom stereocenters. The zero-order valence-corrected chi connectivity index (χ0v) is 14.5. The molecule has 1 aromatic rings. The van der Waals surface area contributed by atoms with Gasteiger partial charge in [-0.15, -0.1) is 0 Å². The van der Waals surface area contributed by atoms with E-state index < -0.39 is 10.0 Å². The second-order valence-electron chi connectivity index (χ2n) is 5.36. The normalized spacial score (nSPS) is 12.1. The summed E-state index contributed by atoms with van der Waals surface area (Å²) in [5, 5.41) is 3.05. The minimum absolute atomic E-state index is 0.381. The Balaban J connectivity index is 2.96. The van der Waals surface area contributed by atoms with Crippen molar-refractivity contribution in [3.05, 3.63) is 28.8 Å². The monoisotopic (exact) mass is 313 g/mol. The van der Waals surface area contributed by atoms with Gasteiger partial charge in [0.1, 0.15) is 0 Å². The number of nitrogens with one attached hydrogen (secondary N) is 2. The molecule has 2 N–H and O–H groups in total. The molecule has 0 aliphatic carbocycles. The number of likely N-dealkylation sites (N-methyl/N-ethyl adjacent to an activating group) is 1. The second-order valence-corrected chi connectivity index (χ2v) is 7.10. The molecule has 5 nitrogen and oxygen atoms in total. The molecular formula is C15H27N3O2S. The van der Waals surface area contributed by atoms with Gasteiger partial charge in [-0.1, -0.05) is 13.0 Å². The minimum Gasteiger partial charge on any atom is -0.316 e. The lowest BCUT2D eigenvalue weighted by Gasteiger charge is -2.16. The quantitative estimate of drug-likeness (QED) is 0.758. The van der Waals surface area contributed by atoms with Crippen LogP contribution in [0.3, 0.4) is 0 Å². The summed E-state index contributed by atoms with van der Waals surface area (Å²) in [7, 11) is 0.356. The molecule has 0 bridgehead atoms. The average molecular weight is 313 g/mol. The molecule has 6 heteroatoms. The third-order valence-electron chi connectivity index (χ3n) is 3.68. The Morgan fingerprint density at radius 3 is 2.48 bits per heavy atom. The third kappa shape index (κ3) is 5.07. The molecule has 0 saturated heterocycles. The zero-order chi connectivity index (χ0) is 16.0. The summed E-state index contributed by atoms with van der Waals surface area (Å²) in [6.07, 6.45) is 0. The van der Waals surface area contributed by atoms with Crippen LogP contribution < -0.4 is 10.0 Å². The lowest BCUT2D eigenvalue weighted by molar-refractivity contribution is 0.358. The predicted octanol–water partition coefficient (Wildman–Crippen LogP) is 1.25. The standard InChI is InChI=1S/C15H27N3O2S/c1-6-18(5)8-7-17-21(19,20)15-10-14(11-16-4)9-12(2)13(15)3/h9-10,16-17H,6-8,11H2,1-5H3. The van der Waals surface area contributed by atoms with E-state index in [9.17, 15) is 8.42 Å². The number of hydrogen-bond donors (Lipinski definition) is 2. The highest BCUT2D eigenvalue weighted by Gasteiger charge is 2.18. The number of sulfonamides is 1. The Morgan fingerprint density at radius 1 is 1.24 bits per heavy atom. The van der Waals surface area contributed by atoms with Crippen LogP contribution in [0.1, 0.15) is 23.6 Å². The number of nitrogens with zero attached hydrogens (tertiary/aromatic N) is 1. The van der Waals surface area contributed by atoms with Crippen LogP contribution in [0, 0.1) is 13.8 Å². The SMILES string of the molecule is CCN(C)CCNS(=O)(=O)c1cc(CNC)cc(C)c1C. The fourth-order valence-electron chi connectivity index (χ4n) is 2.09. The van der Waals surface area contributed by atoms with Crippen LogP contribution in [0.2, 0.25) is 0 Å². The maximum atomic E-state index is 12.5. The molecule has 0 radical (unpaired) electrons. The molecule has 0 amide bonds. The molecule has 0 atom stereocenters. The second kappa shape index (κ2) is 7.89. The number of aryl methyl sites for hydroxylation is 1. The molecule has 120 valence electrons. The van der Waals surface area contributed by atoms with E-state index in [-0.39, 0.29) is 0 Å². The van der Waals surface area contributed by atoms with Crippen LogP contribution in [0.15, 0.2) is 17.0 Å². The highest BCUT2D eigenvalue weighted by Crippen LogP contribution is 2.21. The largest absolute Gasteiger partial charge is 0.316 e. The van der Waals surface area contributed by atoms with E-state index in [4.69, 9.17) is 0 Å². The first kappa shape index (κ1) is 18.1. The van der Waals surface area contributed by atoms with E-state index in [0.29, 0.717) is 24.5 Å². The van der Waals surface area contributed by atoms with Gasteiger partial charge in [0.15, 0.2) is 0 Å². The summed E-state index contributed by atoms with van der Waals surface area (Å²) >= 11 is 0. The van der Waals surface area contributed by atoms with Crippen molar-refractivity contribution in [3.63, 3.8) is 0 Å². The van der Waals surface area contributed by atoms with E-state index in [0.717, 1.165) is 23.2 Å². The smallest absolute Gasteiger partial charge is 0.240 e. The molecule has 0 aliphatic rings. The summed E-state index contributed by atoms with van der Waals surface area (Å²) in [4.78, 5) is 2.45. The van der Waals surface area contributed by atoms with E-state index in [2.05, 4.69) is 14.9 Å². The molecule has 0 aliphatic heterocycles. The molecular weight excluding hydrogens is 286 g/mol. The molecule has 0 saturated carbocycles. The van der Waals surface area contributed by atoms with Gasteiger partial charge in [0, 0.05) is 19.6 Å². The number of hydrogen-bond acceptors (Lipinski definition) is 4. The summed E-state index contributed by atoms with van der Waals surface area (Å²) in [5.74, 6) is 0. The highest BCUT2D eigenvalue weighted by molar-refractivity contribution is 7.89. The topological polar surface area (TPSA) is 61.4 Å². The van der Waals surface area contributed by atoms with Crippen molar-refractivity contribution in [1.29, 1.82) is 0 Å². The molecule has 1 rings (SSSR count). The van der Waals surface area contributed by atoms with Crippen molar-refractivity contribution in [1.82, 2.24) is 14.9 Å². The van der Waals surface area contributed by atoms with E-state index in [1.54, 1.807) is 6.07 Å². The first-order valence-electron chi connectivity index (χ1n) is 7.24. The summed E-state index contributed by atoms with van der Waals surface area (Å²) in [6, 6.07) is 3.78. The average Bonchev–Trinajstić information content (AvgIpc) is 2.42. The van der Waals surface area contributed by atoms with Crippen LogP contribution in [-0.2, 0) is 16.6 Å². The Hall–Kier alpha value is -0.950. The van der Waals surface area contributed by atoms with Gasteiger partial charge >= 0.3 is 0 Å². The van der Waals surface area contributed by atoms with Gasteiger partial charge in [-0.3, -0.25) is 0 Å². The Kier molecular flexibility index (Phi) is 6.80. The van der Waals surface area contributed by atoms with Crippen molar-refractivity contribution in [3.8, 4) is 0 Å². The fraction of sp³-hybridized carbons (Fsp3) is 0.600. The Labute approximate surface area is 128 Å². The van der Waals surface area contributed by atoms with Crippen molar-refractivity contribution in [2.24, 2.45) is 0 Å². The third-order valence-corrected chi connectivity index (χ3v) is 5.26. The van der Waals surface area contributed by atoms with Crippen molar-refractivity contribution in [2.45, 2.75) is 32.2 Å². The lowest BCUT2D eigenvalue weighted by atomic mass is 10.1. The van der Waals surface area contributed by atoms with Gasteiger partial charge in [0.2, 0.25) is 10.0 Å². The molecule has 1 aromatic carbocycles. The van der Waals surface area contributed by atoms with Crippen LogP contribution in [-0.4, -0.2) is 47.0 Å². The van der Waals surface area contributed by atoms with Crippen LogP contribution in [0.4, 0.5) is 0 Å². The van der Waals surface area contributed by atoms with Crippen molar-refractivity contribution < 1.29 is 8.42 Å². The maximum absolute atomic E-state index is 12.5. The lowest BCUT2D eigenvalue weighted by Crippen LogP contribution is -2.33. The van der Waals surface area contributed by atoms with Crippen molar-refractivity contribution >= 4 is 10.0 Å². The fourth-order valence-corrected chi connectivity index (χ4v) is 3.48. The minimum atomic E-state index is -3.46. The van der Waals surface area contributed by atoms with Crippen LogP contribution in [0.25, 0.3) is 0 Å². The van der Waals surface area contributed by atoms with Gasteiger partial charge in [-0.2, -0.15) is 0 Å². The molecule has 0 aromatic heterocycles. The van der Waals surface area contributed by atoms with Crippen LogP contribution in [0.5, 0.6) is 0 Å². The van der Waals surface area contributed by atoms with E-state index in [1.807, 2.05) is 40.9 Å². The number of rotatable bonds is 8.